The van der Waals surface area contributed by atoms with E-state index in [4.69, 9.17) is 22.9 Å². The fourth-order valence-corrected chi connectivity index (χ4v) is 11.2. The van der Waals surface area contributed by atoms with Gasteiger partial charge in [-0.15, -0.1) is 0 Å². The molecule has 0 unspecified atom stereocenters. The normalized spacial score (nSPS) is 15.9. The van der Waals surface area contributed by atoms with Crippen LogP contribution in [0.3, 0.4) is 0 Å². The van der Waals surface area contributed by atoms with Crippen LogP contribution in [-0.4, -0.2) is 0 Å². The molecule has 4 aliphatic carbocycles. The van der Waals surface area contributed by atoms with Crippen LogP contribution in [0.2, 0.25) is 0 Å². The molecule has 284 valence electrons. The van der Waals surface area contributed by atoms with E-state index in [-0.39, 0.29) is 0 Å². The minimum Gasteiger partial charge on any atom is -0.306 e. The van der Waals surface area contributed by atoms with Crippen molar-refractivity contribution in [3.63, 3.8) is 0 Å². The smallest absolute Gasteiger partial charge is 0.118 e. The molecular weight excluding hydrogens is 717 g/mol. The zero-order chi connectivity index (χ0) is 40.3. The highest BCUT2D eigenvalue weighted by atomic mass is 15.0. The summed E-state index contributed by atoms with van der Waals surface area (Å²) in [6, 6.07) is 54.2. The van der Waals surface area contributed by atoms with Crippen LogP contribution in [-0.2, 0) is 16.7 Å². The Morgan fingerprint density at radius 3 is 0.763 bits per heavy atom. The van der Waals surface area contributed by atoms with E-state index >= 15 is 0 Å². The Labute approximate surface area is 345 Å². The molecular formula is C55H44N4. The van der Waals surface area contributed by atoms with Crippen molar-refractivity contribution in [1.29, 1.82) is 0 Å². The average Bonchev–Trinajstić information content (AvgIpc) is 3.83. The number of rotatable bonds is 2. The summed E-state index contributed by atoms with van der Waals surface area (Å²) in [5.74, 6) is 0. The van der Waals surface area contributed by atoms with Crippen LogP contribution in [0.4, 0.5) is 0 Å². The lowest BCUT2D eigenvalue weighted by molar-refractivity contribution is 0.583. The van der Waals surface area contributed by atoms with Crippen LogP contribution >= 0.6 is 0 Å². The van der Waals surface area contributed by atoms with Crippen LogP contribution in [0.5, 0.6) is 0 Å². The first kappa shape index (κ1) is 34.6. The predicted molar refractivity (Wildman–Crippen MR) is 242 cm³/mol. The molecule has 0 saturated carbocycles. The van der Waals surface area contributed by atoms with E-state index in [1.807, 2.05) is 0 Å². The molecule has 4 nitrogen and oxygen atoms in total. The van der Waals surface area contributed by atoms with Crippen molar-refractivity contribution in [2.45, 2.75) is 44.4 Å². The van der Waals surface area contributed by atoms with Gasteiger partial charge >= 0.3 is 0 Å². The maximum Gasteiger partial charge on any atom is 0.118 e. The molecule has 0 fully saturated rings. The summed E-state index contributed by atoms with van der Waals surface area (Å²) in [7, 11) is 0. The van der Waals surface area contributed by atoms with Gasteiger partial charge in [0.25, 0.3) is 0 Å². The fraction of sp³-hybridized carbons (Fsp3) is 0.127. The molecule has 59 heavy (non-hydrogen) atoms. The van der Waals surface area contributed by atoms with Crippen molar-refractivity contribution >= 4 is 0 Å². The Bertz CT molecular complexity index is 3000. The van der Waals surface area contributed by atoms with E-state index in [9.17, 15) is 0 Å². The van der Waals surface area contributed by atoms with Gasteiger partial charge in [-0.1, -0.05) is 144 Å². The number of hydrogen-bond acceptors (Lipinski definition) is 4. The molecule has 0 aromatic heterocycles. The SMILES string of the molecule is Cc1ccc2c(c1)C(N)(N)c1cc(-c3ccc4c(c3)C3(c5cc(C)ccc5-4)c4cc(C)ccc4-c4ccc(-c5ccc6c(c5)C(N)(N)c5cc(C)ccc5-6)cc43)ccc1-2. The van der Waals surface area contributed by atoms with Gasteiger partial charge in [0.2, 0.25) is 0 Å². The molecule has 8 aromatic carbocycles. The minimum atomic E-state index is -1.08. The first-order valence-corrected chi connectivity index (χ1v) is 20.6. The van der Waals surface area contributed by atoms with Crippen LogP contribution in [0.15, 0.2) is 146 Å². The maximum absolute atomic E-state index is 6.99. The Morgan fingerprint density at radius 1 is 0.254 bits per heavy atom. The van der Waals surface area contributed by atoms with E-state index in [1.54, 1.807) is 0 Å². The second kappa shape index (κ2) is 11.4. The second-order valence-corrected chi connectivity index (χ2v) is 17.7. The lowest BCUT2D eigenvalue weighted by Gasteiger charge is -2.31. The fourth-order valence-electron chi connectivity index (χ4n) is 11.2. The van der Waals surface area contributed by atoms with E-state index in [0.29, 0.717) is 0 Å². The predicted octanol–water partition coefficient (Wildman–Crippen LogP) is 10.8. The minimum absolute atomic E-state index is 0.550. The molecule has 0 bridgehead atoms. The standard InChI is InChI=1S/C55H44N4/c1-29-5-13-37-39-17-9-33(35-11-19-43-41-15-7-31(3)23-49(41)54(56,57)51(43)27-35)25-47(39)53(45(37)21-29)46-22-30(2)6-14-38(46)40-18-10-34(26-48(40)53)36-12-20-44-42-16-8-32(4)24-50(42)55(58,59)52(44)28-36/h5-28H,56-59H2,1-4H3. The molecule has 4 heteroatoms. The van der Waals surface area contributed by atoms with Crippen molar-refractivity contribution in [1.82, 2.24) is 0 Å². The topological polar surface area (TPSA) is 104 Å². The Kier molecular flexibility index (Phi) is 6.70. The van der Waals surface area contributed by atoms with E-state index in [1.165, 1.54) is 55.6 Å². The summed E-state index contributed by atoms with van der Waals surface area (Å²) in [5.41, 5.74) is 53.0. The Morgan fingerprint density at radius 2 is 0.458 bits per heavy atom. The molecule has 0 atom stereocenters. The monoisotopic (exact) mass is 760 g/mol. The molecule has 8 aromatic rings. The highest BCUT2D eigenvalue weighted by Crippen LogP contribution is 2.64. The van der Waals surface area contributed by atoms with Gasteiger partial charge in [0, 0.05) is 0 Å². The van der Waals surface area contributed by atoms with E-state index in [2.05, 4.69) is 173 Å². The van der Waals surface area contributed by atoms with Gasteiger partial charge in [0.15, 0.2) is 0 Å². The molecule has 0 aliphatic heterocycles. The number of hydrogen-bond donors (Lipinski definition) is 4. The molecule has 0 amide bonds. The van der Waals surface area contributed by atoms with Gasteiger partial charge in [-0.2, -0.15) is 0 Å². The number of fused-ring (bicyclic) bond motifs is 16. The molecule has 12 rings (SSSR count). The first-order chi connectivity index (χ1) is 28.3. The Hall–Kier alpha value is -6.40. The van der Waals surface area contributed by atoms with Gasteiger partial charge in [-0.25, -0.2) is 0 Å². The number of nitrogens with two attached hydrogens (primary N) is 4. The lowest BCUT2D eigenvalue weighted by atomic mass is 9.69. The van der Waals surface area contributed by atoms with Crippen molar-refractivity contribution < 1.29 is 0 Å². The summed E-state index contributed by atoms with van der Waals surface area (Å²) >= 11 is 0. The highest BCUT2D eigenvalue weighted by Gasteiger charge is 2.52. The summed E-state index contributed by atoms with van der Waals surface area (Å²) in [6.45, 7) is 8.59. The lowest BCUT2D eigenvalue weighted by Crippen LogP contribution is -2.45. The molecule has 0 saturated heterocycles. The highest BCUT2D eigenvalue weighted by molar-refractivity contribution is 5.97. The Balaban J connectivity index is 1.08. The van der Waals surface area contributed by atoms with Crippen LogP contribution in [0, 0.1) is 27.7 Å². The van der Waals surface area contributed by atoms with E-state index < -0.39 is 16.7 Å². The molecule has 1 spiro atoms. The van der Waals surface area contributed by atoms with Crippen LogP contribution < -0.4 is 22.9 Å². The quantitative estimate of drug-likeness (QED) is 0.132. The number of aryl methyl sites for hydroxylation is 4. The van der Waals surface area contributed by atoms with Crippen molar-refractivity contribution in [2.75, 3.05) is 0 Å². The largest absolute Gasteiger partial charge is 0.306 e. The second-order valence-electron chi connectivity index (χ2n) is 17.7. The third-order valence-electron chi connectivity index (χ3n) is 14.0. The maximum atomic E-state index is 6.99. The summed E-state index contributed by atoms with van der Waals surface area (Å²) < 4.78 is 0. The summed E-state index contributed by atoms with van der Waals surface area (Å²) in [5, 5.41) is 0. The summed E-state index contributed by atoms with van der Waals surface area (Å²) in [4.78, 5) is 0. The molecule has 0 radical (unpaired) electrons. The van der Waals surface area contributed by atoms with Gasteiger partial charge < -0.3 is 22.9 Å². The van der Waals surface area contributed by atoms with Crippen LogP contribution in [0.25, 0.3) is 66.8 Å². The van der Waals surface area contributed by atoms with Gasteiger partial charge in [-0.05, 0) is 163 Å². The third kappa shape index (κ3) is 4.41. The van der Waals surface area contributed by atoms with Gasteiger partial charge in [0.1, 0.15) is 11.3 Å². The van der Waals surface area contributed by atoms with Crippen molar-refractivity contribution in [2.24, 2.45) is 22.9 Å². The summed E-state index contributed by atoms with van der Waals surface area (Å²) in [6.07, 6.45) is 0. The molecule has 8 N–H and O–H groups in total. The van der Waals surface area contributed by atoms with Gasteiger partial charge in [0.05, 0.1) is 5.41 Å². The first-order valence-electron chi connectivity index (χ1n) is 20.6. The third-order valence-corrected chi connectivity index (χ3v) is 14.0. The number of benzene rings is 8. The van der Waals surface area contributed by atoms with Gasteiger partial charge in [-0.3, -0.25) is 0 Å². The van der Waals surface area contributed by atoms with Crippen molar-refractivity contribution in [3.05, 3.63) is 212 Å². The van der Waals surface area contributed by atoms with E-state index in [0.717, 1.165) is 77.9 Å². The molecule has 0 heterocycles. The van der Waals surface area contributed by atoms with Crippen LogP contribution in [0.1, 0.15) is 66.8 Å². The molecule has 4 aliphatic rings. The average molecular weight is 761 g/mol. The zero-order valence-electron chi connectivity index (χ0n) is 33.7. The van der Waals surface area contributed by atoms with Crippen molar-refractivity contribution in [3.8, 4) is 66.8 Å². The zero-order valence-corrected chi connectivity index (χ0v) is 33.7.